The number of rotatable bonds is 5. The molecule has 0 aliphatic carbocycles. The molecule has 0 unspecified atom stereocenters. The van der Waals surface area contributed by atoms with Gasteiger partial charge in [0.2, 0.25) is 11.9 Å². The molecule has 3 rings (SSSR count). The van der Waals surface area contributed by atoms with Crippen LogP contribution in [0.4, 0.5) is 43.9 Å². The molecule has 3 aromatic rings. The molecule has 0 bridgehead atoms. The number of halogens is 6. The van der Waals surface area contributed by atoms with Gasteiger partial charge in [0.1, 0.15) is 18.3 Å². The standard InChI is InChI=1S/C15H9F6N9/c16-14(17,18)7-24-11-26-12(25-8-1-3-23-9(5-8)6-22)28-13(27-11)30-4-2-10(29-30)15(19,20)21/h1-5H,7H2,(H2,23,24,25,26,27,28). The minimum Gasteiger partial charge on any atom is -0.345 e. The molecule has 0 aliphatic rings. The van der Waals surface area contributed by atoms with Gasteiger partial charge in [-0.1, -0.05) is 0 Å². The number of hydrogen-bond donors (Lipinski definition) is 2. The summed E-state index contributed by atoms with van der Waals surface area (Å²) in [7, 11) is 0. The Hall–Kier alpha value is -3.96. The summed E-state index contributed by atoms with van der Waals surface area (Å²) >= 11 is 0. The Morgan fingerprint density at radius 1 is 1.03 bits per heavy atom. The topological polar surface area (TPSA) is 117 Å². The highest BCUT2D eigenvalue weighted by molar-refractivity contribution is 5.55. The maximum absolute atomic E-state index is 12.8. The second-order valence-electron chi connectivity index (χ2n) is 5.56. The number of anilines is 3. The Bertz CT molecular complexity index is 1080. The first-order valence-corrected chi connectivity index (χ1v) is 7.86. The van der Waals surface area contributed by atoms with Crippen molar-refractivity contribution in [1.29, 1.82) is 5.26 Å². The smallest absolute Gasteiger partial charge is 0.345 e. The minimum atomic E-state index is -4.73. The number of nitrogens with one attached hydrogen (secondary N) is 2. The third-order valence-electron chi connectivity index (χ3n) is 3.29. The number of alkyl halides is 6. The van der Waals surface area contributed by atoms with Crippen molar-refractivity contribution >= 4 is 17.6 Å². The van der Waals surface area contributed by atoms with Gasteiger partial charge in [-0.25, -0.2) is 9.67 Å². The maximum Gasteiger partial charge on any atom is 0.435 e. The van der Waals surface area contributed by atoms with Crippen molar-refractivity contribution in [1.82, 2.24) is 29.7 Å². The highest BCUT2D eigenvalue weighted by Crippen LogP contribution is 2.28. The van der Waals surface area contributed by atoms with Crippen LogP contribution in [-0.4, -0.2) is 42.4 Å². The van der Waals surface area contributed by atoms with Crippen molar-refractivity contribution < 1.29 is 26.3 Å². The van der Waals surface area contributed by atoms with Crippen molar-refractivity contribution in [2.24, 2.45) is 0 Å². The molecule has 2 N–H and O–H groups in total. The van der Waals surface area contributed by atoms with Crippen LogP contribution in [0.15, 0.2) is 30.6 Å². The molecular formula is C15H9F6N9. The van der Waals surface area contributed by atoms with E-state index in [1.807, 2.05) is 5.32 Å². The van der Waals surface area contributed by atoms with E-state index in [4.69, 9.17) is 5.26 Å². The third-order valence-corrected chi connectivity index (χ3v) is 3.29. The zero-order chi connectivity index (χ0) is 21.9. The second kappa shape index (κ2) is 7.81. The van der Waals surface area contributed by atoms with Gasteiger partial charge in [0.15, 0.2) is 5.69 Å². The lowest BCUT2D eigenvalue weighted by molar-refractivity contribution is -0.141. The summed E-state index contributed by atoms with van der Waals surface area (Å²) in [5.74, 6) is -1.33. The summed E-state index contributed by atoms with van der Waals surface area (Å²) < 4.78 is 76.5. The predicted molar refractivity (Wildman–Crippen MR) is 88.7 cm³/mol. The summed E-state index contributed by atoms with van der Waals surface area (Å²) in [6, 6.07) is 5.17. The van der Waals surface area contributed by atoms with Crippen LogP contribution < -0.4 is 10.6 Å². The Morgan fingerprint density at radius 2 is 1.77 bits per heavy atom. The molecule has 9 nitrogen and oxygen atoms in total. The van der Waals surface area contributed by atoms with E-state index in [0.717, 1.165) is 6.20 Å². The zero-order valence-corrected chi connectivity index (χ0v) is 14.5. The molecule has 15 heteroatoms. The first-order valence-electron chi connectivity index (χ1n) is 7.86. The molecule has 156 valence electrons. The van der Waals surface area contributed by atoms with Crippen LogP contribution in [0.5, 0.6) is 0 Å². The van der Waals surface area contributed by atoms with E-state index in [9.17, 15) is 26.3 Å². The number of aromatic nitrogens is 6. The minimum absolute atomic E-state index is 0.0339. The quantitative estimate of drug-likeness (QED) is 0.595. The summed E-state index contributed by atoms with van der Waals surface area (Å²) in [4.78, 5) is 15.1. The van der Waals surface area contributed by atoms with Crippen molar-refractivity contribution in [2.75, 3.05) is 17.2 Å². The molecule has 3 aromatic heterocycles. The van der Waals surface area contributed by atoms with Gasteiger partial charge in [0.25, 0.3) is 5.95 Å². The molecule has 0 saturated heterocycles. The van der Waals surface area contributed by atoms with Crippen LogP contribution in [0.3, 0.4) is 0 Å². The van der Waals surface area contributed by atoms with Crippen molar-refractivity contribution in [2.45, 2.75) is 12.4 Å². The molecule has 0 amide bonds. The molecule has 0 radical (unpaired) electrons. The molecule has 0 atom stereocenters. The van der Waals surface area contributed by atoms with E-state index in [0.29, 0.717) is 10.7 Å². The van der Waals surface area contributed by atoms with E-state index in [1.54, 1.807) is 6.07 Å². The van der Waals surface area contributed by atoms with Crippen LogP contribution in [0, 0.1) is 11.3 Å². The number of hydrogen-bond acceptors (Lipinski definition) is 8. The van der Waals surface area contributed by atoms with Crippen molar-refractivity contribution in [3.8, 4) is 12.0 Å². The summed E-state index contributed by atoms with van der Waals surface area (Å²) in [6.45, 7) is -1.49. The van der Waals surface area contributed by atoms with Gasteiger partial charge < -0.3 is 10.6 Å². The number of nitriles is 1. The zero-order valence-electron chi connectivity index (χ0n) is 14.5. The van der Waals surface area contributed by atoms with Crippen LogP contribution in [0.25, 0.3) is 5.95 Å². The Kier molecular flexibility index (Phi) is 5.41. The summed E-state index contributed by atoms with van der Waals surface area (Å²) in [5.41, 5.74) is -0.946. The van der Waals surface area contributed by atoms with Gasteiger partial charge in [-0.05, 0) is 18.2 Å². The lowest BCUT2D eigenvalue weighted by Gasteiger charge is -2.11. The van der Waals surface area contributed by atoms with Gasteiger partial charge in [0, 0.05) is 18.1 Å². The molecule has 0 saturated carbocycles. The van der Waals surface area contributed by atoms with Crippen molar-refractivity contribution in [3.05, 3.63) is 42.0 Å². The Balaban J connectivity index is 1.97. The van der Waals surface area contributed by atoms with E-state index >= 15 is 0 Å². The molecule has 3 heterocycles. The van der Waals surface area contributed by atoms with Crippen LogP contribution in [0.2, 0.25) is 0 Å². The predicted octanol–water partition coefficient (Wildman–Crippen LogP) is 3.06. The fourth-order valence-corrected chi connectivity index (χ4v) is 2.07. The monoisotopic (exact) mass is 429 g/mol. The van der Waals surface area contributed by atoms with E-state index in [-0.39, 0.29) is 17.3 Å². The highest BCUT2D eigenvalue weighted by Gasteiger charge is 2.34. The van der Waals surface area contributed by atoms with E-state index < -0.39 is 36.5 Å². The average molecular weight is 429 g/mol. The Labute approximate surface area is 163 Å². The number of nitrogens with zero attached hydrogens (tertiary/aromatic N) is 7. The first kappa shape index (κ1) is 20.8. The van der Waals surface area contributed by atoms with Gasteiger partial charge >= 0.3 is 12.4 Å². The van der Waals surface area contributed by atoms with Gasteiger partial charge in [0.05, 0.1) is 0 Å². The molecule has 0 fully saturated rings. The lowest BCUT2D eigenvalue weighted by atomic mass is 10.3. The largest absolute Gasteiger partial charge is 0.435 e. The SMILES string of the molecule is N#Cc1cc(Nc2nc(NCC(F)(F)F)nc(-n3ccc(C(F)(F)F)n3)n2)ccn1. The van der Waals surface area contributed by atoms with Gasteiger partial charge in [-0.2, -0.15) is 51.7 Å². The molecule has 30 heavy (non-hydrogen) atoms. The van der Waals surface area contributed by atoms with Crippen LogP contribution >= 0.6 is 0 Å². The van der Waals surface area contributed by atoms with E-state index in [1.165, 1.54) is 18.3 Å². The van der Waals surface area contributed by atoms with E-state index in [2.05, 4.69) is 30.4 Å². The second-order valence-corrected chi connectivity index (χ2v) is 5.56. The summed E-state index contributed by atoms with van der Waals surface area (Å²) in [5, 5.41) is 16.7. The van der Waals surface area contributed by atoms with Crippen LogP contribution in [-0.2, 0) is 6.18 Å². The third kappa shape index (κ3) is 5.31. The van der Waals surface area contributed by atoms with Crippen molar-refractivity contribution in [3.63, 3.8) is 0 Å². The lowest BCUT2D eigenvalue weighted by Crippen LogP contribution is -2.23. The van der Waals surface area contributed by atoms with Gasteiger partial charge in [-0.3, -0.25) is 0 Å². The average Bonchev–Trinajstić information content (AvgIpc) is 3.17. The van der Waals surface area contributed by atoms with Gasteiger partial charge in [-0.15, -0.1) is 0 Å². The summed E-state index contributed by atoms with van der Waals surface area (Å²) in [6.07, 6.45) is -7.14. The number of pyridine rings is 1. The fourth-order valence-electron chi connectivity index (χ4n) is 2.07. The maximum atomic E-state index is 12.8. The van der Waals surface area contributed by atoms with Crippen LogP contribution in [0.1, 0.15) is 11.4 Å². The normalized spacial score (nSPS) is 11.8. The molecule has 0 aromatic carbocycles. The Morgan fingerprint density at radius 3 is 2.40 bits per heavy atom. The molecule has 0 aliphatic heterocycles. The molecule has 0 spiro atoms. The first-order chi connectivity index (χ1) is 14.0. The molecular weight excluding hydrogens is 420 g/mol. The highest BCUT2D eigenvalue weighted by atomic mass is 19.4. The fraction of sp³-hybridized carbons (Fsp3) is 0.200.